The Kier molecular flexibility index (Phi) is 5.27. The molecule has 58 valence electrons. The summed E-state index contributed by atoms with van der Waals surface area (Å²) < 4.78 is 0.349. The van der Waals surface area contributed by atoms with Gasteiger partial charge in [-0.25, -0.2) is 0 Å². The first kappa shape index (κ1) is 9.67. The maximum atomic E-state index is 10.5. The fourth-order valence-corrected chi connectivity index (χ4v) is 0.452. The Bertz CT molecular complexity index is 122. The molecule has 0 spiro atoms. The zero-order chi connectivity index (χ0) is 7.98. The lowest BCUT2D eigenvalue weighted by Crippen LogP contribution is -2.41. The Morgan fingerprint density at radius 1 is 1.30 bits per heavy atom. The van der Waals surface area contributed by atoms with Crippen LogP contribution in [-0.4, -0.2) is 16.2 Å². The molecule has 0 aromatic heterocycles. The second-order valence-corrected chi connectivity index (χ2v) is 2.35. The minimum Gasteiger partial charge on any atom is -0.273 e. The summed E-state index contributed by atoms with van der Waals surface area (Å²) in [6.45, 7) is 1.71. The molecular weight excluding hydrogens is 247 g/mol. The first-order chi connectivity index (χ1) is 4.70. The normalized spacial score (nSPS) is 8.60. The number of amides is 2. The van der Waals surface area contributed by atoms with Crippen LogP contribution in [0, 0.1) is 0 Å². The van der Waals surface area contributed by atoms with Crippen LogP contribution in [0.4, 0.5) is 0 Å². The Hall–Kier alpha value is -0.330. The maximum absolute atomic E-state index is 10.5. The van der Waals surface area contributed by atoms with Gasteiger partial charge in [-0.15, -0.1) is 0 Å². The topological polar surface area (TPSA) is 58.2 Å². The van der Waals surface area contributed by atoms with Gasteiger partial charge in [-0.2, -0.15) is 0 Å². The predicted octanol–water partition coefficient (Wildman–Crippen LogP) is -0.0212. The number of alkyl halides is 1. The fourth-order valence-electron chi connectivity index (χ4n) is 0.261. The number of carbonyl (C=O) groups excluding carboxylic acids is 2. The SMILES string of the molecule is CCC(=O)NNC(=O)CI. The van der Waals surface area contributed by atoms with E-state index < -0.39 is 0 Å². The van der Waals surface area contributed by atoms with Crippen LogP contribution in [0.1, 0.15) is 13.3 Å². The van der Waals surface area contributed by atoms with Gasteiger partial charge < -0.3 is 0 Å². The van der Waals surface area contributed by atoms with Crippen molar-refractivity contribution in [2.75, 3.05) is 4.43 Å². The van der Waals surface area contributed by atoms with E-state index in [0.29, 0.717) is 10.8 Å². The molecule has 0 saturated carbocycles. The number of hydrazine groups is 1. The lowest BCUT2D eigenvalue weighted by Gasteiger charge is -2.02. The molecule has 0 aliphatic carbocycles. The molecule has 5 heteroatoms. The van der Waals surface area contributed by atoms with Gasteiger partial charge in [-0.3, -0.25) is 20.4 Å². The van der Waals surface area contributed by atoms with Crippen LogP contribution < -0.4 is 10.9 Å². The number of halogens is 1. The minimum atomic E-state index is -0.192. The van der Waals surface area contributed by atoms with Crippen molar-refractivity contribution in [3.05, 3.63) is 0 Å². The molecule has 0 aliphatic rings. The van der Waals surface area contributed by atoms with Crippen LogP contribution in [-0.2, 0) is 9.59 Å². The molecule has 10 heavy (non-hydrogen) atoms. The zero-order valence-corrected chi connectivity index (χ0v) is 7.77. The highest BCUT2D eigenvalue weighted by molar-refractivity contribution is 14.1. The largest absolute Gasteiger partial charge is 0.273 e. The van der Waals surface area contributed by atoms with Gasteiger partial charge in [0.25, 0.3) is 0 Å². The van der Waals surface area contributed by atoms with Gasteiger partial charge in [0.2, 0.25) is 11.8 Å². The van der Waals surface area contributed by atoms with Gasteiger partial charge in [0.05, 0.1) is 4.43 Å². The summed E-state index contributed by atoms with van der Waals surface area (Å²) in [6.07, 6.45) is 0.377. The highest BCUT2D eigenvalue weighted by atomic mass is 127. The van der Waals surface area contributed by atoms with Gasteiger partial charge in [0.1, 0.15) is 0 Å². The van der Waals surface area contributed by atoms with Crippen molar-refractivity contribution in [1.82, 2.24) is 10.9 Å². The molecule has 0 bridgehead atoms. The van der Waals surface area contributed by atoms with E-state index in [1.54, 1.807) is 6.92 Å². The van der Waals surface area contributed by atoms with E-state index in [2.05, 4.69) is 10.9 Å². The number of rotatable bonds is 2. The summed E-state index contributed by atoms with van der Waals surface area (Å²) in [5.41, 5.74) is 4.48. The molecule has 4 nitrogen and oxygen atoms in total. The van der Waals surface area contributed by atoms with Gasteiger partial charge in [0.15, 0.2) is 0 Å². The van der Waals surface area contributed by atoms with Crippen molar-refractivity contribution in [3.63, 3.8) is 0 Å². The molecule has 0 fully saturated rings. The molecule has 0 atom stereocenters. The van der Waals surface area contributed by atoms with Crippen LogP contribution in [0.5, 0.6) is 0 Å². The van der Waals surface area contributed by atoms with E-state index >= 15 is 0 Å². The van der Waals surface area contributed by atoms with Crippen LogP contribution in [0.15, 0.2) is 0 Å². The standard InChI is InChI=1S/C5H9IN2O2/c1-2-4(9)7-8-5(10)3-6/h2-3H2,1H3,(H,7,9)(H,8,10). The fraction of sp³-hybridized carbons (Fsp3) is 0.600. The second kappa shape index (κ2) is 5.45. The Labute approximate surface area is 72.9 Å². The lowest BCUT2D eigenvalue weighted by atomic mass is 10.5. The summed E-state index contributed by atoms with van der Waals surface area (Å²) in [7, 11) is 0. The molecular formula is C5H9IN2O2. The van der Waals surface area contributed by atoms with Crippen molar-refractivity contribution in [3.8, 4) is 0 Å². The van der Waals surface area contributed by atoms with Crippen molar-refractivity contribution in [2.45, 2.75) is 13.3 Å². The van der Waals surface area contributed by atoms with E-state index in [9.17, 15) is 9.59 Å². The number of carbonyl (C=O) groups is 2. The van der Waals surface area contributed by atoms with Crippen molar-refractivity contribution >= 4 is 34.4 Å². The van der Waals surface area contributed by atoms with Crippen molar-refractivity contribution < 1.29 is 9.59 Å². The van der Waals surface area contributed by atoms with Crippen LogP contribution in [0.25, 0.3) is 0 Å². The van der Waals surface area contributed by atoms with Gasteiger partial charge >= 0.3 is 0 Å². The van der Waals surface area contributed by atoms with E-state index in [1.165, 1.54) is 0 Å². The van der Waals surface area contributed by atoms with E-state index in [1.807, 2.05) is 22.6 Å². The maximum Gasteiger partial charge on any atom is 0.248 e. The van der Waals surface area contributed by atoms with E-state index in [0.717, 1.165) is 0 Å². The molecule has 2 amide bonds. The van der Waals surface area contributed by atoms with Gasteiger partial charge in [0, 0.05) is 6.42 Å². The monoisotopic (exact) mass is 256 g/mol. The first-order valence-corrected chi connectivity index (χ1v) is 4.37. The molecule has 0 heterocycles. The summed E-state index contributed by atoms with van der Waals surface area (Å²) in [5, 5.41) is 0. The number of hydrogen-bond donors (Lipinski definition) is 2. The second-order valence-electron chi connectivity index (χ2n) is 1.58. The van der Waals surface area contributed by atoms with Crippen LogP contribution >= 0.6 is 22.6 Å². The Balaban J connectivity index is 3.35. The highest BCUT2D eigenvalue weighted by Crippen LogP contribution is 1.78. The van der Waals surface area contributed by atoms with Crippen LogP contribution in [0.2, 0.25) is 0 Å². The highest BCUT2D eigenvalue weighted by Gasteiger charge is 1.98. The molecule has 0 radical (unpaired) electrons. The average molecular weight is 256 g/mol. The molecule has 0 aromatic rings. The molecule has 0 saturated heterocycles. The third kappa shape index (κ3) is 4.54. The lowest BCUT2D eigenvalue weighted by molar-refractivity contribution is -0.127. The van der Waals surface area contributed by atoms with E-state index in [-0.39, 0.29) is 11.8 Å². The Morgan fingerprint density at radius 3 is 2.20 bits per heavy atom. The summed E-state index contributed by atoms with van der Waals surface area (Å²) in [4.78, 5) is 21.0. The summed E-state index contributed by atoms with van der Waals surface area (Å²) in [5.74, 6) is -0.374. The smallest absolute Gasteiger partial charge is 0.248 e. The van der Waals surface area contributed by atoms with Crippen molar-refractivity contribution in [2.24, 2.45) is 0 Å². The molecule has 0 rings (SSSR count). The quantitative estimate of drug-likeness (QED) is 0.414. The van der Waals surface area contributed by atoms with Gasteiger partial charge in [-0.1, -0.05) is 29.5 Å². The number of nitrogens with one attached hydrogen (secondary N) is 2. The zero-order valence-electron chi connectivity index (χ0n) is 5.61. The molecule has 2 N–H and O–H groups in total. The molecule has 0 aromatic carbocycles. The molecule has 0 unspecified atom stereocenters. The van der Waals surface area contributed by atoms with E-state index in [4.69, 9.17) is 0 Å². The van der Waals surface area contributed by atoms with Crippen molar-refractivity contribution in [1.29, 1.82) is 0 Å². The number of hydrogen-bond acceptors (Lipinski definition) is 2. The summed E-state index contributed by atoms with van der Waals surface area (Å²) >= 11 is 1.91. The van der Waals surface area contributed by atoms with Gasteiger partial charge in [-0.05, 0) is 0 Å². The minimum absolute atomic E-state index is 0.182. The third-order valence-corrected chi connectivity index (χ3v) is 1.48. The average Bonchev–Trinajstić information content (AvgIpc) is 1.99. The third-order valence-electron chi connectivity index (χ3n) is 0.784. The summed E-state index contributed by atoms with van der Waals surface area (Å²) in [6, 6.07) is 0. The first-order valence-electron chi connectivity index (χ1n) is 2.84. The Morgan fingerprint density at radius 2 is 1.80 bits per heavy atom. The molecule has 0 aliphatic heterocycles. The predicted molar refractivity (Wildman–Crippen MR) is 45.5 cm³/mol. The van der Waals surface area contributed by atoms with Crippen LogP contribution in [0.3, 0.4) is 0 Å².